The average molecular weight is 546 g/mol. The lowest BCUT2D eigenvalue weighted by molar-refractivity contribution is -0.113. The summed E-state index contributed by atoms with van der Waals surface area (Å²) in [6, 6.07) is 13.1. The van der Waals surface area contributed by atoms with Crippen LogP contribution in [0.1, 0.15) is 22.2 Å². The molecular weight excluding hydrogens is 522 g/mol. The highest BCUT2D eigenvalue weighted by Crippen LogP contribution is 2.22. The Morgan fingerprint density at radius 1 is 1.21 bits per heavy atom. The van der Waals surface area contributed by atoms with Crippen molar-refractivity contribution >= 4 is 45.2 Å². The topological polar surface area (TPSA) is 118 Å². The lowest BCUT2D eigenvalue weighted by Gasteiger charge is -2.17. The Morgan fingerprint density at radius 2 is 1.91 bits per heavy atom. The summed E-state index contributed by atoms with van der Waals surface area (Å²) in [6.45, 7) is 3.71. The van der Waals surface area contributed by atoms with Gasteiger partial charge in [0.05, 0.1) is 19.5 Å². The number of nitrogens with one attached hydrogen (secondary N) is 2. The first-order chi connectivity index (χ1) is 16.4. The van der Waals surface area contributed by atoms with Gasteiger partial charge in [-0.25, -0.2) is 0 Å². The SMILES string of the molecule is C=CCn1c(SCC(=O)Nc2ccc(Br)cc2)nnc1C(CO)NC(=O)c1ccc(OC)cc1. The Morgan fingerprint density at radius 3 is 2.53 bits per heavy atom. The van der Waals surface area contributed by atoms with Crippen LogP contribution in [0.25, 0.3) is 0 Å². The zero-order valence-electron chi connectivity index (χ0n) is 18.4. The van der Waals surface area contributed by atoms with Crippen LogP contribution in [0.2, 0.25) is 0 Å². The molecule has 3 N–H and O–H groups in total. The predicted molar refractivity (Wildman–Crippen MR) is 134 cm³/mol. The number of ether oxygens (including phenoxy) is 1. The molecular formula is C23H24BrN5O4S. The fourth-order valence-electron chi connectivity index (χ4n) is 3.00. The van der Waals surface area contributed by atoms with Crippen LogP contribution in [-0.4, -0.2) is 51.2 Å². The maximum atomic E-state index is 12.7. The van der Waals surface area contributed by atoms with Crippen LogP contribution < -0.4 is 15.4 Å². The summed E-state index contributed by atoms with van der Waals surface area (Å²) in [5.41, 5.74) is 1.09. The normalized spacial score (nSPS) is 11.5. The minimum atomic E-state index is -0.798. The summed E-state index contributed by atoms with van der Waals surface area (Å²) >= 11 is 4.55. The van der Waals surface area contributed by atoms with Crippen LogP contribution in [0.15, 0.2) is 70.8 Å². The maximum absolute atomic E-state index is 12.7. The summed E-state index contributed by atoms with van der Waals surface area (Å²) in [5, 5.41) is 24.3. The molecule has 0 bridgehead atoms. The predicted octanol–water partition coefficient (Wildman–Crippen LogP) is 3.43. The van der Waals surface area contributed by atoms with E-state index in [4.69, 9.17) is 4.74 Å². The van der Waals surface area contributed by atoms with Gasteiger partial charge in [0, 0.05) is 22.3 Å². The first kappa shape index (κ1) is 25.5. The van der Waals surface area contributed by atoms with E-state index in [1.165, 1.54) is 11.8 Å². The Bertz CT molecular complexity index is 1140. The van der Waals surface area contributed by atoms with E-state index >= 15 is 0 Å². The van der Waals surface area contributed by atoms with E-state index in [1.807, 2.05) is 12.1 Å². The molecule has 1 heterocycles. The Hall–Kier alpha value is -3.15. The fraction of sp³-hybridized carbons (Fsp3) is 0.217. The number of aromatic nitrogens is 3. The van der Waals surface area contributed by atoms with Crippen LogP contribution >= 0.6 is 27.7 Å². The molecule has 0 aliphatic rings. The van der Waals surface area contributed by atoms with Gasteiger partial charge in [0.25, 0.3) is 5.91 Å². The van der Waals surface area contributed by atoms with Gasteiger partial charge < -0.3 is 25.0 Å². The summed E-state index contributed by atoms with van der Waals surface area (Å²) in [5.74, 6) is 0.520. The summed E-state index contributed by atoms with van der Waals surface area (Å²) in [4.78, 5) is 25.0. The molecule has 2 aromatic carbocycles. The number of allylic oxidation sites excluding steroid dienone is 1. The average Bonchev–Trinajstić information content (AvgIpc) is 3.25. The number of halogens is 1. The van der Waals surface area contributed by atoms with Gasteiger partial charge in [-0.3, -0.25) is 9.59 Å². The maximum Gasteiger partial charge on any atom is 0.251 e. The van der Waals surface area contributed by atoms with Gasteiger partial charge >= 0.3 is 0 Å². The van der Waals surface area contributed by atoms with Crippen LogP contribution in [-0.2, 0) is 11.3 Å². The molecule has 3 rings (SSSR count). The summed E-state index contributed by atoms with van der Waals surface area (Å²) < 4.78 is 7.74. The highest BCUT2D eigenvalue weighted by Gasteiger charge is 2.23. The number of carbonyl (C=O) groups is 2. The van der Waals surface area contributed by atoms with Crippen molar-refractivity contribution in [1.29, 1.82) is 0 Å². The lowest BCUT2D eigenvalue weighted by Crippen LogP contribution is -2.33. The molecule has 178 valence electrons. The summed E-state index contributed by atoms with van der Waals surface area (Å²) in [6.07, 6.45) is 1.65. The third-order valence-electron chi connectivity index (χ3n) is 4.67. The molecule has 9 nitrogen and oxygen atoms in total. The highest BCUT2D eigenvalue weighted by atomic mass is 79.9. The molecule has 0 aliphatic carbocycles. The first-order valence-corrected chi connectivity index (χ1v) is 12.0. The van der Waals surface area contributed by atoms with E-state index in [9.17, 15) is 14.7 Å². The fourth-order valence-corrected chi connectivity index (χ4v) is 4.02. The second kappa shape index (κ2) is 12.4. The number of nitrogens with zero attached hydrogens (tertiary/aromatic N) is 3. The number of aliphatic hydroxyl groups excluding tert-OH is 1. The Labute approximate surface area is 209 Å². The molecule has 1 atom stereocenters. The zero-order valence-corrected chi connectivity index (χ0v) is 20.8. The van der Waals surface area contributed by atoms with E-state index < -0.39 is 6.04 Å². The first-order valence-electron chi connectivity index (χ1n) is 10.2. The number of aliphatic hydroxyl groups is 1. The van der Waals surface area contributed by atoms with Gasteiger partial charge in [0.1, 0.15) is 11.8 Å². The van der Waals surface area contributed by atoms with Crippen molar-refractivity contribution in [2.45, 2.75) is 17.7 Å². The minimum Gasteiger partial charge on any atom is -0.497 e. The lowest BCUT2D eigenvalue weighted by atomic mass is 10.2. The molecule has 0 fully saturated rings. The van der Waals surface area contributed by atoms with Gasteiger partial charge in [0.2, 0.25) is 5.91 Å². The monoisotopic (exact) mass is 545 g/mol. The molecule has 0 aliphatic heterocycles. The van der Waals surface area contributed by atoms with Gasteiger partial charge in [-0.15, -0.1) is 16.8 Å². The van der Waals surface area contributed by atoms with Gasteiger partial charge in [-0.2, -0.15) is 0 Å². The number of methoxy groups -OCH3 is 1. The van der Waals surface area contributed by atoms with Crippen molar-refractivity contribution in [2.24, 2.45) is 0 Å². The quantitative estimate of drug-likeness (QED) is 0.249. The van der Waals surface area contributed by atoms with Crippen molar-refractivity contribution in [2.75, 3.05) is 24.8 Å². The Kier molecular flexibility index (Phi) is 9.25. The molecule has 0 saturated heterocycles. The van der Waals surface area contributed by atoms with Crippen molar-refractivity contribution in [3.05, 3.63) is 77.0 Å². The number of rotatable bonds is 11. The van der Waals surface area contributed by atoms with Crippen molar-refractivity contribution in [1.82, 2.24) is 20.1 Å². The second-order valence-corrected chi connectivity index (χ2v) is 8.88. The molecule has 1 unspecified atom stereocenters. The van der Waals surface area contributed by atoms with E-state index in [0.29, 0.717) is 34.5 Å². The second-order valence-electron chi connectivity index (χ2n) is 7.02. The number of carbonyl (C=O) groups excluding carboxylic acids is 2. The third-order valence-corrected chi connectivity index (χ3v) is 6.16. The molecule has 1 aromatic heterocycles. The number of hydrogen-bond donors (Lipinski definition) is 3. The molecule has 2 amide bonds. The summed E-state index contributed by atoms with van der Waals surface area (Å²) in [7, 11) is 1.54. The number of amides is 2. The molecule has 11 heteroatoms. The molecule has 0 spiro atoms. The zero-order chi connectivity index (χ0) is 24.5. The Balaban J connectivity index is 1.69. The number of anilines is 1. The van der Waals surface area contributed by atoms with Crippen LogP contribution in [0, 0.1) is 0 Å². The van der Waals surface area contributed by atoms with Crippen molar-refractivity contribution in [3.8, 4) is 5.75 Å². The highest BCUT2D eigenvalue weighted by molar-refractivity contribution is 9.10. The molecule has 0 saturated carbocycles. The van der Waals surface area contributed by atoms with E-state index in [1.54, 1.807) is 54.2 Å². The van der Waals surface area contributed by atoms with E-state index in [0.717, 1.165) is 4.47 Å². The molecule has 34 heavy (non-hydrogen) atoms. The smallest absolute Gasteiger partial charge is 0.251 e. The minimum absolute atomic E-state index is 0.105. The number of hydrogen-bond acceptors (Lipinski definition) is 7. The van der Waals surface area contributed by atoms with E-state index in [2.05, 4.69) is 43.3 Å². The number of benzene rings is 2. The van der Waals surface area contributed by atoms with E-state index in [-0.39, 0.29) is 24.2 Å². The van der Waals surface area contributed by atoms with Crippen LogP contribution in [0.3, 0.4) is 0 Å². The van der Waals surface area contributed by atoms with Crippen LogP contribution in [0.4, 0.5) is 5.69 Å². The standard InChI is InChI=1S/C23H24BrN5O4S/c1-3-12-29-21(19(13-30)26-22(32)15-4-10-18(33-2)11-5-15)27-28-23(29)34-14-20(31)25-17-8-6-16(24)7-9-17/h3-11,19,30H,1,12-14H2,2H3,(H,25,31)(H,26,32). The van der Waals surface area contributed by atoms with Crippen LogP contribution in [0.5, 0.6) is 5.75 Å². The van der Waals surface area contributed by atoms with Gasteiger partial charge in [-0.05, 0) is 48.5 Å². The largest absolute Gasteiger partial charge is 0.497 e. The number of thioether (sulfide) groups is 1. The third kappa shape index (κ3) is 6.69. The molecule has 3 aromatic rings. The van der Waals surface area contributed by atoms with Gasteiger partial charge in [-0.1, -0.05) is 33.8 Å². The van der Waals surface area contributed by atoms with Crippen molar-refractivity contribution in [3.63, 3.8) is 0 Å². The van der Waals surface area contributed by atoms with Gasteiger partial charge in [0.15, 0.2) is 11.0 Å². The molecule has 0 radical (unpaired) electrons. The van der Waals surface area contributed by atoms with Crippen molar-refractivity contribution < 1.29 is 19.4 Å².